The molecule has 0 spiro atoms. The number of hydrogen-bond donors (Lipinski definition) is 2. The van der Waals surface area contributed by atoms with Gasteiger partial charge in [-0.15, -0.1) is 10.2 Å². The van der Waals surface area contributed by atoms with Crippen molar-refractivity contribution >= 4 is 5.96 Å². The number of nitrogens with zero attached hydrogens (tertiary/aromatic N) is 5. The van der Waals surface area contributed by atoms with Gasteiger partial charge in [-0.25, -0.2) is 0 Å². The van der Waals surface area contributed by atoms with Crippen molar-refractivity contribution in [3.8, 4) is 0 Å². The van der Waals surface area contributed by atoms with Crippen LogP contribution in [0.2, 0.25) is 0 Å². The molecule has 2 aromatic rings. The number of benzene rings is 1. The molecule has 1 aromatic carbocycles. The molecule has 1 aliphatic heterocycles. The highest BCUT2D eigenvalue weighted by Crippen LogP contribution is 2.13. The summed E-state index contributed by atoms with van der Waals surface area (Å²) >= 11 is 0. The summed E-state index contributed by atoms with van der Waals surface area (Å²) in [6, 6.07) is 8.93. The molecule has 2 heterocycles. The minimum atomic E-state index is 0.760. The van der Waals surface area contributed by atoms with Gasteiger partial charge in [0.15, 0.2) is 5.96 Å². The van der Waals surface area contributed by atoms with Crippen molar-refractivity contribution in [1.29, 1.82) is 0 Å². The summed E-state index contributed by atoms with van der Waals surface area (Å²) in [6.45, 7) is 7.99. The normalized spacial score (nSPS) is 15.6. The molecule has 0 amide bonds. The lowest BCUT2D eigenvalue weighted by molar-refractivity contribution is 0.221. The van der Waals surface area contributed by atoms with Gasteiger partial charge in [-0.05, 0) is 37.1 Å². The van der Waals surface area contributed by atoms with Crippen LogP contribution in [0.4, 0.5) is 0 Å². The summed E-state index contributed by atoms with van der Waals surface area (Å²) < 4.78 is 2.07. The lowest BCUT2D eigenvalue weighted by Gasteiger charge is -2.26. The fourth-order valence-electron chi connectivity index (χ4n) is 3.58. The number of rotatable bonds is 8. The third kappa shape index (κ3) is 6.05. The Morgan fingerprint density at radius 2 is 1.82 bits per heavy atom. The smallest absolute Gasteiger partial charge is 0.191 e. The van der Waals surface area contributed by atoms with Crippen LogP contribution in [0.5, 0.6) is 0 Å². The molecule has 1 fully saturated rings. The van der Waals surface area contributed by atoms with Crippen LogP contribution in [0.1, 0.15) is 43.1 Å². The molecule has 1 aromatic heterocycles. The van der Waals surface area contributed by atoms with Crippen molar-refractivity contribution in [3.05, 3.63) is 47.5 Å². The van der Waals surface area contributed by atoms with Crippen LogP contribution < -0.4 is 10.6 Å². The summed E-state index contributed by atoms with van der Waals surface area (Å²) in [6.07, 6.45) is 6.73. The minimum absolute atomic E-state index is 0.760. The molecule has 3 rings (SSSR count). The molecule has 0 bridgehead atoms. The van der Waals surface area contributed by atoms with Gasteiger partial charge in [-0.3, -0.25) is 9.89 Å². The second-order valence-corrected chi connectivity index (χ2v) is 7.30. The first-order chi connectivity index (χ1) is 13.8. The molecule has 0 saturated carbocycles. The van der Waals surface area contributed by atoms with E-state index in [0.29, 0.717) is 0 Å². The second-order valence-electron chi connectivity index (χ2n) is 7.30. The predicted molar refractivity (Wildman–Crippen MR) is 113 cm³/mol. The molecule has 7 heteroatoms. The standard InChI is InChI=1S/C21H33N7/c1-3-20-26-25-17-28(20)14-11-23-21(22-2)24-15-18-7-9-19(10-8-18)16-27-12-5-4-6-13-27/h7-10,17H,3-6,11-16H2,1-2H3,(H2,22,23,24). The van der Waals surface area contributed by atoms with Crippen LogP contribution in [0.15, 0.2) is 35.6 Å². The third-order valence-corrected chi connectivity index (χ3v) is 5.22. The highest BCUT2D eigenvalue weighted by atomic mass is 15.3. The lowest BCUT2D eigenvalue weighted by Crippen LogP contribution is -2.38. The van der Waals surface area contributed by atoms with Crippen LogP contribution >= 0.6 is 0 Å². The van der Waals surface area contributed by atoms with Gasteiger partial charge >= 0.3 is 0 Å². The number of aryl methyl sites for hydroxylation is 1. The molecule has 2 N–H and O–H groups in total. The highest BCUT2D eigenvalue weighted by Gasteiger charge is 2.10. The van der Waals surface area contributed by atoms with Gasteiger partial charge in [0, 0.05) is 39.6 Å². The minimum Gasteiger partial charge on any atom is -0.355 e. The summed E-state index contributed by atoms with van der Waals surface area (Å²) in [5, 5.41) is 14.8. The Morgan fingerprint density at radius 3 is 2.54 bits per heavy atom. The van der Waals surface area contributed by atoms with E-state index in [1.165, 1.54) is 43.5 Å². The zero-order valence-electron chi connectivity index (χ0n) is 17.2. The Labute approximate surface area is 168 Å². The Kier molecular flexibility index (Phi) is 7.84. The molecule has 1 aliphatic rings. The zero-order chi connectivity index (χ0) is 19.6. The highest BCUT2D eigenvalue weighted by molar-refractivity contribution is 5.79. The number of guanidine groups is 1. The predicted octanol–water partition coefficient (Wildman–Crippen LogP) is 2.19. The van der Waals surface area contributed by atoms with Gasteiger partial charge < -0.3 is 15.2 Å². The van der Waals surface area contributed by atoms with E-state index in [9.17, 15) is 0 Å². The summed E-state index contributed by atoms with van der Waals surface area (Å²) in [5.74, 6) is 1.82. The number of likely N-dealkylation sites (tertiary alicyclic amines) is 1. The molecule has 0 radical (unpaired) electrons. The number of nitrogens with one attached hydrogen (secondary N) is 2. The molecule has 0 atom stereocenters. The van der Waals surface area contributed by atoms with Crippen LogP contribution in [0.3, 0.4) is 0 Å². The van der Waals surface area contributed by atoms with Crippen LogP contribution in [-0.2, 0) is 26.1 Å². The van der Waals surface area contributed by atoms with E-state index >= 15 is 0 Å². The van der Waals surface area contributed by atoms with Crippen molar-refractivity contribution < 1.29 is 0 Å². The van der Waals surface area contributed by atoms with Crippen molar-refractivity contribution in [2.24, 2.45) is 4.99 Å². The molecular formula is C21H33N7. The summed E-state index contributed by atoms with van der Waals surface area (Å²) in [4.78, 5) is 6.86. The largest absolute Gasteiger partial charge is 0.355 e. The van der Waals surface area contributed by atoms with E-state index < -0.39 is 0 Å². The van der Waals surface area contributed by atoms with E-state index in [2.05, 4.69) is 66.5 Å². The summed E-state index contributed by atoms with van der Waals surface area (Å²) in [5.41, 5.74) is 2.66. The lowest BCUT2D eigenvalue weighted by atomic mass is 10.1. The quantitative estimate of drug-likeness (QED) is 0.540. The molecular weight excluding hydrogens is 350 g/mol. The van der Waals surface area contributed by atoms with Gasteiger partial charge in [-0.2, -0.15) is 0 Å². The third-order valence-electron chi connectivity index (χ3n) is 5.22. The van der Waals surface area contributed by atoms with Crippen molar-refractivity contribution in [3.63, 3.8) is 0 Å². The Balaban J connectivity index is 1.40. The van der Waals surface area contributed by atoms with E-state index in [0.717, 1.165) is 44.4 Å². The number of aliphatic imine (C=N–C) groups is 1. The maximum atomic E-state index is 4.31. The number of aromatic nitrogens is 3. The monoisotopic (exact) mass is 383 g/mol. The van der Waals surface area contributed by atoms with Crippen LogP contribution in [0.25, 0.3) is 0 Å². The summed E-state index contributed by atoms with van der Waals surface area (Å²) in [7, 11) is 1.80. The Bertz CT molecular complexity index is 729. The molecule has 28 heavy (non-hydrogen) atoms. The Morgan fingerprint density at radius 1 is 1.07 bits per heavy atom. The first kappa shape index (κ1) is 20.3. The van der Waals surface area contributed by atoms with E-state index in [4.69, 9.17) is 0 Å². The fourth-order valence-corrected chi connectivity index (χ4v) is 3.58. The van der Waals surface area contributed by atoms with E-state index in [1.807, 2.05) is 0 Å². The van der Waals surface area contributed by atoms with Crippen LogP contribution in [0, 0.1) is 0 Å². The average molecular weight is 384 g/mol. The van der Waals surface area contributed by atoms with E-state index in [-0.39, 0.29) is 0 Å². The SMILES string of the molecule is CCc1nncn1CCNC(=NC)NCc1ccc(CN2CCCCC2)cc1. The number of hydrogen-bond acceptors (Lipinski definition) is 4. The van der Waals surface area contributed by atoms with Gasteiger partial charge in [0.2, 0.25) is 0 Å². The molecule has 0 aliphatic carbocycles. The first-order valence-electron chi connectivity index (χ1n) is 10.4. The fraction of sp³-hybridized carbons (Fsp3) is 0.571. The van der Waals surface area contributed by atoms with Crippen molar-refractivity contribution in [1.82, 2.24) is 30.3 Å². The molecule has 7 nitrogen and oxygen atoms in total. The average Bonchev–Trinajstić information content (AvgIpc) is 3.20. The van der Waals surface area contributed by atoms with Crippen LogP contribution in [-0.4, -0.2) is 52.3 Å². The molecule has 0 unspecified atom stereocenters. The molecule has 1 saturated heterocycles. The van der Waals surface area contributed by atoms with Crippen molar-refractivity contribution in [2.75, 3.05) is 26.7 Å². The van der Waals surface area contributed by atoms with Gasteiger partial charge in [-0.1, -0.05) is 37.6 Å². The van der Waals surface area contributed by atoms with Gasteiger partial charge in [0.05, 0.1) is 0 Å². The maximum absolute atomic E-state index is 4.31. The molecule has 152 valence electrons. The van der Waals surface area contributed by atoms with Crippen molar-refractivity contribution in [2.45, 2.75) is 52.2 Å². The Hall–Kier alpha value is -2.41. The second kappa shape index (κ2) is 10.8. The van der Waals surface area contributed by atoms with Gasteiger partial charge in [0.25, 0.3) is 0 Å². The maximum Gasteiger partial charge on any atom is 0.191 e. The topological polar surface area (TPSA) is 70.4 Å². The zero-order valence-corrected chi connectivity index (χ0v) is 17.2. The van der Waals surface area contributed by atoms with Gasteiger partial charge in [0.1, 0.15) is 12.2 Å². The van der Waals surface area contributed by atoms with E-state index in [1.54, 1.807) is 13.4 Å². The number of piperidine rings is 1. The first-order valence-corrected chi connectivity index (χ1v) is 10.4.